The minimum Gasteiger partial charge on any atom is -0.352 e. The summed E-state index contributed by atoms with van der Waals surface area (Å²) in [4.78, 5) is 12.5. The summed E-state index contributed by atoms with van der Waals surface area (Å²) in [5, 5.41) is 12.6. The molecule has 0 radical (unpaired) electrons. The molecule has 0 bridgehead atoms. The largest absolute Gasteiger partial charge is 0.352 e. The zero-order valence-corrected chi connectivity index (χ0v) is 16.7. The van der Waals surface area contributed by atoms with Crippen LogP contribution in [0, 0.1) is 17.2 Å². The third kappa shape index (κ3) is 4.36. The molecule has 1 N–H and O–H groups in total. The van der Waals surface area contributed by atoms with Crippen LogP contribution in [0.5, 0.6) is 0 Å². The van der Waals surface area contributed by atoms with E-state index in [0.29, 0.717) is 24.4 Å². The van der Waals surface area contributed by atoms with Gasteiger partial charge in [-0.05, 0) is 36.6 Å². The van der Waals surface area contributed by atoms with E-state index in [9.17, 15) is 18.5 Å². The van der Waals surface area contributed by atoms with Gasteiger partial charge in [0.05, 0.1) is 10.5 Å². The molecule has 1 aliphatic rings. The van der Waals surface area contributed by atoms with Crippen LogP contribution < -0.4 is 5.32 Å². The van der Waals surface area contributed by atoms with Gasteiger partial charge in [-0.25, -0.2) is 8.42 Å². The van der Waals surface area contributed by atoms with E-state index in [1.54, 1.807) is 18.2 Å². The number of nitrogens with zero attached hydrogens (tertiary/aromatic N) is 2. The minimum absolute atomic E-state index is 0.0131. The van der Waals surface area contributed by atoms with Crippen molar-refractivity contribution in [1.82, 2.24) is 9.62 Å². The number of carbonyl (C=O) groups is 1. The molecule has 146 valence electrons. The van der Waals surface area contributed by atoms with Crippen molar-refractivity contribution in [2.45, 2.75) is 24.3 Å². The maximum Gasteiger partial charge on any atom is 0.244 e. The standard InChI is InChI=1S/C20H20ClN3O3S/c21-18-7-3-1-6-17(18)14-23-20(25)15-9-11-24(12-10-15)28(26,27)19-8-4-2-5-16(19)13-22/h1-8,15H,9-12,14H2,(H,23,25). The van der Waals surface area contributed by atoms with Crippen LogP contribution in [0.4, 0.5) is 0 Å². The average Bonchev–Trinajstić information content (AvgIpc) is 2.73. The molecule has 1 amide bonds. The first-order valence-electron chi connectivity index (χ1n) is 8.94. The fourth-order valence-electron chi connectivity index (χ4n) is 3.25. The van der Waals surface area contributed by atoms with Crippen LogP contribution >= 0.6 is 11.6 Å². The zero-order chi connectivity index (χ0) is 20.1. The van der Waals surface area contributed by atoms with E-state index in [2.05, 4.69) is 5.32 Å². The van der Waals surface area contributed by atoms with Crippen LogP contribution in [-0.2, 0) is 21.4 Å². The zero-order valence-electron chi connectivity index (χ0n) is 15.1. The summed E-state index contributed by atoms with van der Waals surface area (Å²) in [7, 11) is -3.75. The second-order valence-corrected chi connectivity index (χ2v) is 8.91. The Morgan fingerprint density at radius 3 is 2.46 bits per heavy atom. The highest BCUT2D eigenvalue weighted by atomic mass is 35.5. The Kier molecular flexibility index (Phi) is 6.35. The van der Waals surface area contributed by atoms with Gasteiger partial charge in [-0.1, -0.05) is 41.9 Å². The lowest BCUT2D eigenvalue weighted by Crippen LogP contribution is -2.43. The molecule has 28 heavy (non-hydrogen) atoms. The fourth-order valence-corrected chi connectivity index (χ4v) is 5.06. The third-order valence-corrected chi connectivity index (χ3v) is 7.19. The lowest BCUT2D eigenvalue weighted by molar-refractivity contribution is -0.126. The molecular formula is C20H20ClN3O3S. The van der Waals surface area contributed by atoms with E-state index in [1.165, 1.54) is 16.4 Å². The maximum absolute atomic E-state index is 12.9. The summed E-state index contributed by atoms with van der Waals surface area (Å²) in [5.74, 6) is -0.352. The molecule has 8 heteroatoms. The normalized spacial score (nSPS) is 15.7. The highest BCUT2D eigenvalue weighted by molar-refractivity contribution is 7.89. The number of carbonyl (C=O) groups excluding carboxylic acids is 1. The van der Waals surface area contributed by atoms with Gasteiger partial charge in [0.15, 0.2) is 0 Å². The van der Waals surface area contributed by atoms with Gasteiger partial charge < -0.3 is 5.32 Å². The number of sulfonamides is 1. The SMILES string of the molecule is N#Cc1ccccc1S(=O)(=O)N1CCC(C(=O)NCc2ccccc2Cl)CC1. The predicted molar refractivity (Wildman–Crippen MR) is 106 cm³/mol. The Morgan fingerprint density at radius 2 is 1.79 bits per heavy atom. The summed E-state index contributed by atoms with van der Waals surface area (Å²) in [5.41, 5.74) is 0.966. The number of nitriles is 1. The Morgan fingerprint density at radius 1 is 1.14 bits per heavy atom. The van der Waals surface area contributed by atoms with Crippen molar-refractivity contribution in [2.75, 3.05) is 13.1 Å². The lowest BCUT2D eigenvalue weighted by Gasteiger charge is -2.30. The smallest absolute Gasteiger partial charge is 0.244 e. The van der Waals surface area contributed by atoms with E-state index in [-0.39, 0.29) is 35.4 Å². The van der Waals surface area contributed by atoms with Crippen molar-refractivity contribution in [3.05, 3.63) is 64.7 Å². The van der Waals surface area contributed by atoms with Crippen molar-refractivity contribution < 1.29 is 13.2 Å². The number of nitrogens with one attached hydrogen (secondary N) is 1. The second-order valence-electron chi connectivity index (χ2n) is 6.60. The van der Waals surface area contributed by atoms with Crippen molar-refractivity contribution in [3.63, 3.8) is 0 Å². The number of halogens is 1. The molecule has 1 fully saturated rings. The van der Waals surface area contributed by atoms with Gasteiger partial charge in [0.25, 0.3) is 0 Å². The first kappa shape index (κ1) is 20.3. The highest BCUT2D eigenvalue weighted by Gasteiger charge is 2.33. The topological polar surface area (TPSA) is 90.3 Å². The molecule has 6 nitrogen and oxygen atoms in total. The van der Waals surface area contributed by atoms with E-state index in [0.717, 1.165) is 5.56 Å². The quantitative estimate of drug-likeness (QED) is 0.809. The summed E-state index contributed by atoms with van der Waals surface area (Å²) in [6.07, 6.45) is 0.866. The molecule has 2 aromatic rings. The summed E-state index contributed by atoms with van der Waals surface area (Å²) >= 11 is 6.10. The molecule has 0 atom stereocenters. The Hall–Kier alpha value is -2.40. The predicted octanol–water partition coefficient (Wildman–Crippen LogP) is 2.93. The summed E-state index contributed by atoms with van der Waals surface area (Å²) < 4.78 is 27.1. The van der Waals surface area contributed by atoms with Gasteiger partial charge in [0, 0.05) is 30.6 Å². The van der Waals surface area contributed by atoms with Crippen LogP contribution in [0.15, 0.2) is 53.4 Å². The second kappa shape index (κ2) is 8.74. The van der Waals surface area contributed by atoms with Gasteiger partial charge in [0.1, 0.15) is 6.07 Å². The van der Waals surface area contributed by atoms with Crippen molar-refractivity contribution in [1.29, 1.82) is 5.26 Å². The summed E-state index contributed by atoms with van der Waals surface area (Å²) in [6.45, 7) is 0.825. The van der Waals surface area contributed by atoms with E-state index >= 15 is 0 Å². The Balaban J connectivity index is 1.60. The Bertz CT molecular complexity index is 1010. The third-order valence-electron chi connectivity index (χ3n) is 4.86. The first-order valence-corrected chi connectivity index (χ1v) is 10.8. The lowest BCUT2D eigenvalue weighted by atomic mass is 9.97. The van der Waals surface area contributed by atoms with Crippen LogP contribution in [-0.4, -0.2) is 31.7 Å². The van der Waals surface area contributed by atoms with Crippen molar-refractivity contribution in [2.24, 2.45) is 5.92 Å². The van der Waals surface area contributed by atoms with Crippen LogP contribution in [0.2, 0.25) is 5.02 Å². The fraction of sp³-hybridized carbons (Fsp3) is 0.300. The maximum atomic E-state index is 12.9. The molecule has 0 spiro atoms. The molecular weight excluding hydrogens is 398 g/mol. The molecule has 2 aromatic carbocycles. The number of amides is 1. The molecule has 0 aliphatic carbocycles. The molecule has 1 saturated heterocycles. The summed E-state index contributed by atoms with van der Waals surface area (Å²) in [6, 6.07) is 15.4. The average molecular weight is 418 g/mol. The van der Waals surface area contributed by atoms with E-state index in [4.69, 9.17) is 11.6 Å². The minimum atomic E-state index is -3.75. The van der Waals surface area contributed by atoms with Gasteiger partial charge in [-0.2, -0.15) is 9.57 Å². The van der Waals surface area contributed by atoms with Gasteiger partial charge >= 0.3 is 0 Å². The number of hydrogen-bond acceptors (Lipinski definition) is 4. The highest BCUT2D eigenvalue weighted by Crippen LogP contribution is 2.26. The molecule has 1 heterocycles. The molecule has 0 aromatic heterocycles. The first-order chi connectivity index (χ1) is 13.4. The van der Waals surface area contributed by atoms with Crippen LogP contribution in [0.3, 0.4) is 0 Å². The van der Waals surface area contributed by atoms with Gasteiger partial charge in [-0.15, -0.1) is 0 Å². The molecule has 1 aliphatic heterocycles. The molecule has 3 rings (SSSR count). The van der Waals surface area contributed by atoms with Crippen LogP contribution in [0.25, 0.3) is 0 Å². The number of benzene rings is 2. The van der Waals surface area contributed by atoms with E-state index in [1.807, 2.05) is 24.3 Å². The molecule has 0 saturated carbocycles. The van der Waals surface area contributed by atoms with Gasteiger partial charge in [0.2, 0.25) is 15.9 Å². The van der Waals surface area contributed by atoms with Crippen molar-refractivity contribution >= 4 is 27.5 Å². The number of hydrogen-bond donors (Lipinski definition) is 1. The monoisotopic (exact) mass is 417 g/mol. The van der Waals surface area contributed by atoms with Crippen LogP contribution in [0.1, 0.15) is 24.0 Å². The van der Waals surface area contributed by atoms with E-state index < -0.39 is 10.0 Å². The van der Waals surface area contributed by atoms with Crippen molar-refractivity contribution in [3.8, 4) is 6.07 Å². The molecule has 0 unspecified atom stereocenters. The Labute approximate surface area is 169 Å². The number of piperidine rings is 1. The number of rotatable bonds is 5. The van der Waals surface area contributed by atoms with Gasteiger partial charge in [-0.3, -0.25) is 4.79 Å².